The lowest BCUT2D eigenvalue weighted by atomic mass is 9.84. The first-order chi connectivity index (χ1) is 12.1. The maximum Gasteiger partial charge on any atom is 0.269 e. The first-order valence-corrected chi connectivity index (χ1v) is 9.31. The molecule has 0 heterocycles. The average molecular weight is 385 g/mol. The molecule has 0 saturated heterocycles. The summed E-state index contributed by atoms with van der Waals surface area (Å²) in [5.41, 5.74) is -1.32. The molecule has 0 amide bonds. The highest BCUT2D eigenvalue weighted by Gasteiger charge is 2.41. The van der Waals surface area contributed by atoms with E-state index in [1.54, 1.807) is 27.7 Å². The zero-order valence-corrected chi connectivity index (χ0v) is 16.2. The SMILES string of the molecule is CC[C@@](CCOCC#N)(N[S@@+]([O-])C(C)(C)C)c1cc([N+](=O)[O-])ccc1F. The minimum atomic E-state index is -1.55. The van der Waals surface area contributed by atoms with Crippen molar-refractivity contribution >= 4 is 17.0 Å². The van der Waals surface area contributed by atoms with E-state index >= 15 is 0 Å². The number of hydrogen-bond donors (Lipinski definition) is 1. The number of rotatable bonds is 9. The van der Waals surface area contributed by atoms with Crippen molar-refractivity contribution in [1.29, 1.82) is 5.26 Å². The van der Waals surface area contributed by atoms with Gasteiger partial charge in [-0.3, -0.25) is 10.1 Å². The van der Waals surface area contributed by atoms with Crippen LogP contribution in [-0.4, -0.2) is 27.4 Å². The molecule has 1 rings (SSSR count). The zero-order chi connectivity index (χ0) is 20.0. The first kappa shape index (κ1) is 22.3. The van der Waals surface area contributed by atoms with Crippen LogP contribution in [0.15, 0.2) is 18.2 Å². The molecule has 7 nitrogen and oxygen atoms in total. The van der Waals surface area contributed by atoms with Crippen LogP contribution in [0.2, 0.25) is 0 Å². The number of nitro benzene ring substituents is 1. The molecule has 1 N–H and O–H groups in total. The van der Waals surface area contributed by atoms with Gasteiger partial charge in [0.15, 0.2) is 0 Å². The standard InChI is InChI=1S/C17H24FN3O4S/c1-5-17(8-10-25-11-9-19,20-26(24)16(2,3)4)14-12-13(21(22)23)6-7-15(14)18/h6-7,12,20H,5,8,10-11H2,1-4H3/t17-,26-/m0/s1. The van der Waals surface area contributed by atoms with Crippen LogP contribution in [0.25, 0.3) is 0 Å². The van der Waals surface area contributed by atoms with Gasteiger partial charge < -0.3 is 9.29 Å². The van der Waals surface area contributed by atoms with Crippen LogP contribution in [0.5, 0.6) is 0 Å². The number of nitriles is 1. The van der Waals surface area contributed by atoms with E-state index in [1.807, 2.05) is 6.07 Å². The fraction of sp³-hybridized carbons (Fsp3) is 0.588. The largest absolute Gasteiger partial charge is 0.598 e. The van der Waals surface area contributed by atoms with Crippen LogP contribution in [0.3, 0.4) is 0 Å². The minimum Gasteiger partial charge on any atom is -0.598 e. The minimum absolute atomic E-state index is 0.0624. The summed E-state index contributed by atoms with van der Waals surface area (Å²) in [6, 6.07) is 5.14. The second-order valence-corrected chi connectivity index (χ2v) is 8.77. The van der Waals surface area contributed by atoms with Crippen molar-refractivity contribution in [2.24, 2.45) is 0 Å². The Morgan fingerprint density at radius 1 is 1.42 bits per heavy atom. The smallest absolute Gasteiger partial charge is 0.269 e. The fourth-order valence-corrected chi connectivity index (χ4v) is 3.39. The second-order valence-electron chi connectivity index (χ2n) is 6.80. The molecule has 0 saturated carbocycles. The number of non-ortho nitro benzene ring substituents is 1. The predicted octanol–water partition coefficient (Wildman–Crippen LogP) is 3.32. The van der Waals surface area contributed by atoms with Crippen LogP contribution in [0.1, 0.15) is 46.1 Å². The number of hydrogen-bond acceptors (Lipinski definition) is 6. The van der Waals surface area contributed by atoms with Gasteiger partial charge in [-0.05, 0) is 39.7 Å². The Hall–Kier alpha value is -1.73. The Morgan fingerprint density at radius 2 is 2.08 bits per heavy atom. The maximum absolute atomic E-state index is 14.6. The zero-order valence-electron chi connectivity index (χ0n) is 15.4. The van der Waals surface area contributed by atoms with E-state index in [1.165, 1.54) is 0 Å². The van der Waals surface area contributed by atoms with Gasteiger partial charge in [-0.15, -0.1) is 4.72 Å². The van der Waals surface area contributed by atoms with Crippen molar-refractivity contribution in [3.63, 3.8) is 0 Å². The number of halogens is 1. The van der Waals surface area contributed by atoms with E-state index in [0.29, 0.717) is 6.42 Å². The molecule has 0 radical (unpaired) electrons. The summed E-state index contributed by atoms with van der Waals surface area (Å²) < 4.78 is 34.8. The van der Waals surface area contributed by atoms with Gasteiger partial charge in [0, 0.05) is 29.1 Å². The van der Waals surface area contributed by atoms with Gasteiger partial charge in [0.05, 0.1) is 23.1 Å². The fourth-order valence-electron chi connectivity index (χ4n) is 2.37. The van der Waals surface area contributed by atoms with Crippen molar-refractivity contribution in [3.8, 4) is 6.07 Å². The Labute approximate surface area is 156 Å². The summed E-state index contributed by atoms with van der Waals surface area (Å²) in [6.45, 7) is 7.07. The Balaban J connectivity index is 3.35. The molecule has 2 atom stereocenters. The molecule has 1 aromatic rings. The van der Waals surface area contributed by atoms with Crippen molar-refractivity contribution in [3.05, 3.63) is 39.7 Å². The van der Waals surface area contributed by atoms with Crippen molar-refractivity contribution in [2.45, 2.75) is 50.8 Å². The molecule has 0 aliphatic heterocycles. The topological polar surface area (TPSA) is 111 Å². The molecule has 0 fully saturated rings. The van der Waals surface area contributed by atoms with Crippen LogP contribution < -0.4 is 4.72 Å². The van der Waals surface area contributed by atoms with Crippen LogP contribution in [-0.2, 0) is 21.6 Å². The molecule has 0 aliphatic rings. The van der Waals surface area contributed by atoms with Gasteiger partial charge in [0.2, 0.25) is 0 Å². The molecular weight excluding hydrogens is 361 g/mol. The summed E-state index contributed by atoms with van der Waals surface area (Å²) in [4.78, 5) is 10.5. The number of benzene rings is 1. The summed E-state index contributed by atoms with van der Waals surface area (Å²) >= 11 is -1.55. The van der Waals surface area contributed by atoms with E-state index in [0.717, 1.165) is 18.2 Å². The molecule has 0 unspecified atom stereocenters. The summed E-state index contributed by atoms with van der Waals surface area (Å²) in [6.07, 6.45) is 0.522. The highest BCUT2D eigenvalue weighted by Crippen LogP contribution is 2.35. The number of ether oxygens (including phenoxy) is 1. The van der Waals surface area contributed by atoms with E-state index in [2.05, 4.69) is 4.72 Å². The second kappa shape index (κ2) is 9.28. The summed E-state index contributed by atoms with van der Waals surface area (Å²) in [7, 11) is 0. The Morgan fingerprint density at radius 3 is 2.58 bits per heavy atom. The summed E-state index contributed by atoms with van der Waals surface area (Å²) in [5.74, 6) is -0.629. The van der Waals surface area contributed by atoms with E-state index < -0.39 is 32.4 Å². The highest BCUT2D eigenvalue weighted by molar-refractivity contribution is 7.90. The van der Waals surface area contributed by atoms with E-state index in [9.17, 15) is 19.1 Å². The Bertz CT molecular complexity index is 675. The van der Waals surface area contributed by atoms with Crippen LogP contribution >= 0.6 is 0 Å². The lowest BCUT2D eigenvalue weighted by Crippen LogP contribution is -2.52. The number of nitrogens with zero attached hydrogens (tertiary/aromatic N) is 2. The van der Waals surface area contributed by atoms with Crippen molar-refractivity contribution < 1.29 is 18.6 Å². The molecule has 1 aromatic carbocycles. The maximum atomic E-state index is 14.6. The normalized spacial score (nSPS) is 15.1. The lowest BCUT2D eigenvalue weighted by molar-refractivity contribution is -0.385. The van der Waals surface area contributed by atoms with Gasteiger partial charge in [0.25, 0.3) is 5.69 Å². The number of nitro groups is 1. The third-order valence-electron chi connectivity index (χ3n) is 3.96. The van der Waals surface area contributed by atoms with Crippen LogP contribution in [0, 0.1) is 27.3 Å². The molecule has 9 heteroatoms. The van der Waals surface area contributed by atoms with Crippen LogP contribution in [0.4, 0.5) is 10.1 Å². The monoisotopic (exact) mass is 385 g/mol. The van der Waals surface area contributed by atoms with Gasteiger partial charge in [0.1, 0.15) is 17.2 Å². The highest BCUT2D eigenvalue weighted by atomic mass is 32.2. The van der Waals surface area contributed by atoms with Gasteiger partial charge >= 0.3 is 0 Å². The predicted molar refractivity (Wildman–Crippen MR) is 97.1 cm³/mol. The molecule has 0 spiro atoms. The molecule has 26 heavy (non-hydrogen) atoms. The molecule has 144 valence electrons. The van der Waals surface area contributed by atoms with Crippen molar-refractivity contribution in [2.75, 3.05) is 13.2 Å². The van der Waals surface area contributed by atoms with Gasteiger partial charge in [-0.2, -0.15) is 5.26 Å². The summed E-state index contributed by atoms with van der Waals surface area (Å²) in [5, 5.41) is 19.7. The lowest BCUT2D eigenvalue weighted by Gasteiger charge is -2.37. The molecule has 0 aliphatic carbocycles. The van der Waals surface area contributed by atoms with Gasteiger partial charge in [-0.25, -0.2) is 4.39 Å². The number of nitrogens with one attached hydrogen (secondary N) is 1. The van der Waals surface area contributed by atoms with Gasteiger partial charge in [-0.1, -0.05) is 6.92 Å². The van der Waals surface area contributed by atoms with E-state index in [4.69, 9.17) is 10.00 Å². The van der Waals surface area contributed by atoms with E-state index in [-0.39, 0.29) is 30.9 Å². The average Bonchev–Trinajstić information content (AvgIpc) is 2.57. The Kier molecular flexibility index (Phi) is 7.96. The molecule has 0 bridgehead atoms. The third-order valence-corrected chi connectivity index (χ3v) is 5.65. The first-order valence-electron chi connectivity index (χ1n) is 8.16. The third kappa shape index (κ3) is 5.64. The van der Waals surface area contributed by atoms with Crippen molar-refractivity contribution in [1.82, 2.24) is 4.72 Å². The molecular formula is C17H24FN3O4S. The molecule has 0 aromatic heterocycles. The quantitative estimate of drug-likeness (QED) is 0.302.